The number of hydrogen-bond acceptors (Lipinski definition) is 0. The zero-order valence-electron chi connectivity index (χ0n) is 7.04. The Kier molecular flexibility index (Phi) is 1.69. The zero-order chi connectivity index (χ0) is 8.39. The van der Waals surface area contributed by atoms with Crippen LogP contribution in [0.4, 0.5) is 0 Å². The highest BCUT2D eigenvalue weighted by Crippen LogP contribution is 2.20. The number of hydrogen-bond donors (Lipinski definition) is 0. The molecule has 1 aromatic rings. The van der Waals surface area contributed by atoms with E-state index >= 15 is 0 Å². The fourth-order valence-electron chi connectivity index (χ4n) is 1.39. The topological polar surface area (TPSA) is 0 Å². The van der Waals surface area contributed by atoms with Crippen molar-refractivity contribution in [2.45, 2.75) is 6.92 Å². The third kappa shape index (κ3) is 1.13. The van der Waals surface area contributed by atoms with Gasteiger partial charge >= 0.3 is 0 Å². The Hall–Kier alpha value is -1.52. The van der Waals surface area contributed by atoms with Crippen LogP contribution >= 0.6 is 0 Å². The van der Waals surface area contributed by atoms with Crippen molar-refractivity contribution in [2.24, 2.45) is 0 Å². The molecule has 0 N–H and O–H groups in total. The molecule has 0 saturated heterocycles. The Morgan fingerprint density at radius 3 is 2.92 bits per heavy atom. The van der Waals surface area contributed by atoms with E-state index in [0.717, 1.165) is 0 Å². The summed E-state index contributed by atoms with van der Waals surface area (Å²) in [6.45, 7) is 2.09. The van der Waals surface area contributed by atoms with Crippen molar-refractivity contribution in [3.8, 4) is 0 Å². The van der Waals surface area contributed by atoms with E-state index in [0.29, 0.717) is 0 Å². The summed E-state index contributed by atoms with van der Waals surface area (Å²) < 4.78 is 0. The molecule has 0 atom stereocenters. The molecule has 0 fully saturated rings. The first kappa shape index (κ1) is 7.15. The van der Waals surface area contributed by atoms with Gasteiger partial charge in [-0.2, -0.15) is 0 Å². The minimum absolute atomic E-state index is 1.20. The summed E-state index contributed by atoms with van der Waals surface area (Å²) in [6.07, 6.45) is 6.09. The van der Waals surface area contributed by atoms with Crippen LogP contribution in [0.2, 0.25) is 0 Å². The van der Waals surface area contributed by atoms with Crippen LogP contribution in [0.15, 0.2) is 42.1 Å². The molecule has 1 aliphatic rings. The summed E-state index contributed by atoms with van der Waals surface area (Å²) in [7, 11) is 0. The number of rotatable bonds is 0. The van der Waals surface area contributed by atoms with Crippen LogP contribution in [0, 0.1) is 0 Å². The van der Waals surface area contributed by atoms with Crippen molar-refractivity contribution in [3.63, 3.8) is 0 Å². The third-order valence-electron chi connectivity index (χ3n) is 2.04. The molecule has 0 heteroatoms. The van der Waals surface area contributed by atoms with E-state index in [9.17, 15) is 0 Å². The quantitative estimate of drug-likeness (QED) is 0.503. The number of benzene rings is 1. The van der Waals surface area contributed by atoms with Gasteiger partial charge in [-0.25, -0.2) is 0 Å². The molecule has 0 aromatic heterocycles. The van der Waals surface area contributed by atoms with Gasteiger partial charge in [-0.15, -0.1) is 5.73 Å². The molecule has 2 rings (SSSR count). The first-order chi connectivity index (χ1) is 5.88. The Morgan fingerprint density at radius 1 is 1.17 bits per heavy atom. The molecular weight excluding hydrogens is 144 g/mol. The second-order valence-corrected chi connectivity index (χ2v) is 2.88. The van der Waals surface area contributed by atoms with Crippen molar-refractivity contribution in [1.82, 2.24) is 0 Å². The van der Waals surface area contributed by atoms with Gasteiger partial charge in [-0.1, -0.05) is 36.4 Å². The molecule has 0 unspecified atom stereocenters. The van der Waals surface area contributed by atoms with Crippen molar-refractivity contribution in [3.05, 3.63) is 53.3 Å². The third-order valence-corrected chi connectivity index (χ3v) is 2.04. The SMILES string of the molecule is CC1=C=CC=Cc2ccccc21. The molecule has 58 valence electrons. The molecule has 0 nitrogen and oxygen atoms in total. The van der Waals surface area contributed by atoms with Crippen molar-refractivity contribution in [1.29, 1.82) is 0 Å². The maximum Gasteiger partial charge on any atom is -0.00130 e. The predicted octanol–water partition coefficient (Wildman–Crippen LogP) is 3.27. The summed E-state index contributed by atoms with van der Waals surface area (Å²) >= 11 is 0. The molecule has 1 aliphatic carbocycles. The van der Waals surface area contributed by atoms with Crippen LogP contribution in [0.3, 0.4) is 0 Å². The largest absolute Gasteiger partial charge is 0.117 e. The van der Waals surface area contributed by atoms with E-state index in [-0.39, 0.29) is 0 Å². The molecule has 0 heterocycles. The van der Waals surface area contributed by atoms with Crippen LogP contribution in [-0.4, -0.2) is 0 Å². The number of allylic oxidation sites excluding steroid dienone is 2. The van der Waals surface area contributed by atoms with E-state index in [1.54, 1.807) is 0 Å². The standard InChI is InChI=1S/C12H10/c1-10-6-2-3-7-11-8-4-5-9-12(10)11/h2-5,7-9H,1H3. The van der Waals surface area contributed by atoms with Crippen LogP contribution in [0.1, 0.15) is 18.1 Å². The molecule has 0 bridgehead atoms. The lowest BCUT2D eigenvalue weighted by Gasteiger charge is -2.01. The maximum atomic E-state index is 3.21. The van der Waals surface area contributed by atoms with E-state index in [4.69, 9.17) is 0 Å². The van der Waals surface area contributed by atoms with Gasteiger partial charge in [-0.05, 0) is 29.7 Å². The van der Waals surface area contributed by atoms with Crippen molar-refractivity contribution in [2.75, 3.05) is 0 Å². The average Bonchev–Trinajstić information content (AvgIpc) is 2.29. The first-order valence-electron chi connectivity index (χ1n) is 4.07. The highest BCUT2D eigenvalue weighted by Gasteiger charge is 2.00. The Balaban J connectivity index is 2.71. The Labute approximate surface area is 72.5 Å². The monoisotopic (exact) mass is 154 g/mol. The number of fused-ring (bicyclic) bond motifs is 1. The zero-order valence-corrected chi connectivity index (χ0v) is 7.04. The smallest absolute Gasteiger partial charge is 0.00130 e. The van der Waals surface area contributed by atoms with Gasteiger partial charge < -0.3 is 0 Å². The van der Waals surface area contributed by atoms with Crippen LogP contribution in [-0.2, 0) is 0 Å². The summed E-state index contributed by atoms with van der Waals surface area (Å²) in [5.74, 6) is 0. The molecule has 1 aromatic carbocycles. The summed E-state index contributed by atoms with van der Waals surface area (Å²) in [5.41, 5.74) is 6.96. The van der Waals surface area contributed by atoms with E-state index in [1.807, 2.05) is 12.2 Å². The van der Waals surface area contributed by atoms with E-state index in [2.05, 4.69) is 43.0 Å². The molecular formula is C12H10. The lowest BCUT2D eigenvalue weighted by molar-refractivity contribution is 1.55. The van der Waals surface area contributed by atoms with Crippen molar-refractivity contribution >= 4 is 11.6 Å². The summed E-state index contributed by atoms with van der Waals surface area (Å²) in [5, 5.41) is 0. The minimum atomic E-state index is 1.20. The van der Waals surface area contributed by atoms with Gasteiger partial charge in [0.15, 0.2) is 0 Å². The fourth-order valence-corrected chi connectivity index (χ4v) is 1.39. The lowest BCUT2D eigenvalue weighted by Crippen LogP contribution is -1.82. The van der Waals surface area contributed by atoms with Crippen LogP contribution < -0.4 is 0 Å². The van der Waals surface area contributed by atoms with Gasteiger partial charge in [0.2, 0.25) is 0 Å². The van der Waals surface area contributed by atoms with Crippen LogP contribution in [0.5, 0.6) is 0 Å². The van der Waals surface area contributed by atoms with E-state index in [1.165, 1.54) is 16.7 Å². The van der Waals surface area contributed by atoms with Gasteiger partial charge in [0.05, 0.1) is 0 Å². The Morgan fingerprint density at radius 2 is 2.00 bits per heavy atom. The second kappa shape index (κ2) is 2.84. The summed E-state index contributed by atoms with van der Waals surface area (Å²) in [4.78, 5) is 0. The van der Waals surface area contributed by atoms with E-state index < -0.39 is 0 Å². The first-order valence-corrected chi connectivity index (χ1v) is 4.07. The Bertz CT molecular complexity index is 388. The average molecular weight is 154 g/mol. The van der Waals surface area contributed by atoms with Gasteiger partial charge in [0, 0.05) is 0 Å². The highest BCUT2D eigenvalue weighted by molar-refractivity contribution is 5.74. The summed E-state index contributed by atoms with van der Waals surface area (Å²) in [6, 6.07) is 8.36. The molecule has 0 amide bonds. The minimum Gasteiger partial charge on any atom is -0.117 e. The van der Waals surface area contributed by atoms with Crippen molar-refractivity contribution < 1.29 is 0 Å². The molecule has 0 spiro atoms. The van der Waals surface area contributed by atoms with Gasteiger partial charge in [0.1, 0.15) is 0 Å². The molecule has 12 heavy (non-hydrogen) atoms. The van der Waals surface area contributed by atoms with Gasteiger partial charge in [-0.3, -0.25) is 0 Å². The fraction of sp³-hybridized carbons (Fsp3) is 0.0833. The lowest BCUT2D eigenvalue weighted by atomic mass is 10.0. The second-order valence-electron chi connectivity index (χ2n) is 2.88. The normalized spacial score (nSPS) is 13.6. The van der Waals surface area contributed by atoms with Gasteiger partial charge in [0.25, 0.3) is 0 Å². The predicted molar refractivity (Wildman–Crippen MR) is 52.6 cm³/mol. The molecule has 0 aliphatic heterocycles. The molecule has 0 radical (unpaired) electrons. The maximum absolute atomic E-state index is 3.21. The highest BCUT2D eigenvalue weighted by atomic mass is 14.0. The van der Waals surface area contributed by atoms with Crippen LogP contribution in [0.25, 0.3) is 11.6 Å². The molecule has 0 saturated carbocycles.